The lowest BCUT2D eigenvalue weighted by molar-refractivity contribution is 0.0525. The van der Waals surface area contributed by atoms with E-state index < -0.39 is 17.8 Å². The Balaban J connectivity index is 2.05. The lowest BCUT2D eigenvalue weighted by Gasteiger charge is -2.29. The minimum absolute atomic E-state index is 0.142. The van der Waals surface area contributed by atoms with Crippen LogP contribution in [0.3, 0.4) is 0 Å². The highest BCUT2D eigenvalue weighted by atomic mass is 79.9. The summed E-state index contributed by atoms with van der Waals surface area (Å²) in [5.74, 6) is -1.96. The van der Waals surface area contributed by atoms with E-state index in [1.165, 1.54) is 0 Å². The van der Waals surface area contributed by atoms with Gasteiger partial charge in [0.05, 0.1) is 18.4 Å². The minimum Gasteiger partial charge on any atom is -0.462 e. The number of rotatable bonds is 4. The molecule has 0 radical (unpaired) electrons. The van der Waals surface area contributed by atoms with Crippen molar-refractivity contribution in [2.24, 2.45) is 5.92 Å². The van der Waals surface area contributed by atoms with Crippen molar-refractivity contribution in [1.82, 2.24) is 4.57 Å². The van der Waals surface area contributed by atoms with Crippen molar-refractivity contribution in [2.75, 3.05) is 12.3 Å². The van der Waals surface area contributed by atoms with Gasteiger partial charge in [0.1, 0.15) is 17.3 Å². The molecule has 0 aliphatic carbocycles. The Morgan fingerprint density at radius 2 is 1.94 bits per heavy atom. The Kier molecular flexibility index (Phi) is 5.53. The van der Waals surface area contributed by atoms with Gasteiger partial charge in [-0.2, -0.15) is 5.26 Å². The van der Waals surface area contributed by atoms with Crippen LogP contribution in [-0.2, 0) is 4.74 Å². The monoisotopic (exact) mass is 478 g/mol. The summed E-state index contributed by atoms with van der Waals surface area (Å²) in [7, 11) is 0. The number of ether oxygens (including phenoxy) is 2. The molecule has 2 heterocycles. The number of nitrogens with zero attached hydrogens (tertiary/aromatic N) is 2. The highest BCUT2D eigenvalue weighted by molar-refractivity contribution is 9.10. The van der Waals surface area contributed by atoms with Gasteiger partial charge in [-0.05, 0) is 36.8 Å². The van der Waals surface area contributed by atoms with Crippen LogP contribution < -0.4 is 10.5 Å². The molecule has 156 valence electrons. The van der Waals surface area contributed by atoms with Crippen LogP contribution in [0.4, 0.5) is 5.82 Å². The summed E-state index contributed by atoms with van der Waals surface area (Å²) in [4.78, 5) is 13.0. The summed E-state index contributed by atoms with van der Waals surface area (Å²) in [5, 5.41) is 18.3. The van der Waals surface area contributed by atoms with Crippen LogP contribution >= 0.6 is 15.9 Å². The average molecular weight is 479 g/mol. The van der Waals surface area contributed by atoms with Gasteiger partial charge in [0, 0.05) is 16.0 Å². The Hall–Kier alpha value is -3.57. The van der Waals surface area contributed by atoms with E-state index in [0.717, 1.165) is 10.0 Å². The van der Waals surface area contributed by atoms with Gasteiger partial charge in [-0.3, -0.25) is 9.98 Å². The van der Waals surface area contributed by atoms with Gasteiger partial charge in [0.15, 0.2) is 0 Å². The van der Waals surface area contributed by atoms with Crippen LogP contribution in [-0.4, -0.2) is 23.0 Å². The normalized spacial score (nSPS) is 17.4. The average Bonchev–Trinajstić information content (AvgIpc) is 3.05. The molecule has 4 rings (SSSR count). The quantitative estimate of drug-likeness (QED) is 0.530. The lowest BCUT2D eigenvalue weighted by Crippen LogP contribution is -2.32. The summed E-state index contributed by atoms with van der Waals surface area (Å²) in [6, 6.07) is 18.8. The number of esters is 1. The molecule has 31 heavy (non-hydrogen) atoms. The summed E-state index contributed by atoms with van der Waals surface area (Å²) in [5.41, 5.74) is 8.50. The fraction of sp³-hybridized carbons (Fsp3) is 0.174. The van der Waals surface area contributed by atoms with Gasteiger partial charge in [-0.1, -0.05) is 46.3 Å². The maximum atomic E-state index is 13.0. The van der Waals surface area contributed by atoms with E-state index in [1.54, 1.807) is 11.5 Å². The van der Waals surface area contributed by atoms with Gasteiger partial charge < -0.3 is 15.2 Å². The standard InChI is InChI=1S/C23H19BrN4O3/c1-2-30-23(29)19-18-17(13-8-10-14(24)11-9-13)16(12-25)21(27)31-22(18)28(20(19)26)15-6-4-3-5-7-15/h3-11,16-17,27H,2,26H2,1H3/t16-,17+/m0/s1. The first-order chi connectivity index (χ1) is 15.0. The predicted molar refractivity (Wildman–Crippen MR) is 120 cm³/mol. The molecule has 2 atom stereocenters. The van der Waals surface area contributed by atoms with E-state index in [2.05, 4.69) is 22.0 Å². The molecule has 0 saturated heterocycles. The van der Waals surface area contributed by atoms with Crippen molar-refractivity contribution in [1.29, 1.82) is 10.7 Å². The van der Waals surface area contributed by atoms with Gasteiger partial charge in [0.25, 0.3) is 0 Å². The van der Waals surface area contributed by atoms with Crippen molar-refractivity contribution in [3.8, 4) is 17.6 Å². The molecular formula is C23H19BrN4O3. The molecule has 0 spiro atoms. The SMILES string of the molecule is CCOC(=O)c1c2c(n(-c3ccccc3)c1N)OC(=N)[C@@H](C#N)[C@H]2c1ccc(Br)cc1. The molecule has 2 aromatic carbocycles. The number of carbonyl (C=O) groups excluding carboxylic acids is 1. The molecule has 3 aromatic rings. The first kappa shape index (κ1) is 20.7. The van der Waals surface area contributed by atoms with Crippen molar-refractivity contribution >= 4 is 33.6 Å². The van der Waals surface area contributed by atoms with Crippen LogP contribution in [0.25, 0.3) is 5.69 Å². The number of aromatic nitrogens is 1. The molecule has 1 aliphatic rings. The molecule has 0 unspecified atom stereocenters. The second-order valence-corrected chi connectivity index (χ2v) is 7.89. The zero-order chi connectivity index (χ0) is 22.1. The lowest BCUT2D eigenvalue weighted by atomic mass is 9.79. The van der Waals surface area contributed by atoms with Crippen LogP contribution in [0.2, 0.25) is 0 Å². The van der Waals surface area contributed by atoms with Crippen LogP contribution in [0.5, 0.6) is 5.88 Å². The van der Waals surface area contributed by atoms with E-state index in [-0.39, 0.29) is 29.8 Å². The van der Waals surface area contributed by atoms with Crippen LogP contribution in [0.1, 0.15) is 34.3 Å². The van der Waals surface area contributed by atoms with E-state index in [1.807, 2.05) is 54.6 Å². The second-order valence-electron chi connectivity index (χ2n) is 6.97. The number of benzene rings is 2. The molecule has 0 fully saturated rings. The van der Waals surface area contributed by atoms with E-state index >= 15 is 0 Å². The smallest absolute Gasteiger partial charge is 0.342 e. The molecule has 1 aromatic heterocycles. The number of halogens is 1. The summed E-state index contributed by atoms with van der Waals surface area (Å²) in [6.07, 6.45) is 0. The third-order valence-electron chi connectivity index (χ3n) is 5.20. The molecule has 1 aliphatic heterocycles. The number of nitrogen functional groups attached to an aromatic ring is 1. The number of carbonyl (C=O) groups is 1. The molecule has 7 nitrogen and oxygen atoms in total. The van der Waals surface area contributed by atoms with E-state index in [9.17, 15) is 10.1 Å². The predicted octanol–water partition coefficient (Wildman–Crippen LogP) is 4.64. The Morgan fingerprint density at radius 1 is 1.26 bits per heavy atom. The van der Waals surface area contributed by atoms with Gasteiger partial charge in [-0.25, -0.2) is 4.79 Å². The number of nitrogens with two attached hydrogens (primary N) is 1. The first-order valence-electron chi connectivity index (χ1n) is 9.65. The maximum absolute atomic E-state index is 13.0. The van der Waals surface area contributed by atoms with E-state index in [0.29, 0.717) is 11.3 Å². The zero-order valence-corrected chi connectivity index (χ0v) is 18.2. The number of hydrogen-bond acceptors (Lipinski definition) is 6. The van der Waals surface area contributed by atoms with Crippen molar-refractivity contribution in [3.63, 3.8) is 0 Å². The summed E-state index contributed by atoms with van der Waals surface area (Å²) in [6.45, 7) is 1.88. The third-order valence-corrected chi connectivity index (χ3v) is 5.72. The largest absolute Gasteiger partial charge is 0.462 e. The zero-order valence-electron chi connectivity index (χ0n) is 16.6. The van der Waals surface area contributed by atoms with Crippen molar-refractivity contribution in [3.05, 3.63) is 75.8 Å². The molecule has 8 heteroatoms. The molecular weight excluding hydrogens is 460 g/mol. The van der Waals surface area contributed by atoms with Crippen molar-refractivity contribution < 1.29 is 14.3 Å². The fourth-order valence-corrected chi connectivity index (χ4v) is 4.14. The van der Waals surface area contributed by atoms with Gasteiger partial charge >= 0.3 is 5.97 Å². The highest BCUT2D eigenvalue weighted by Gasteiger charge is 2.44. The number of hydrogen-bond donors (Lipinski definition) is 2. The Morgan fingerprint density at radius 3 is 2.55 bits per heavy atom. The minimum atomic E-state index is -0.923. The first-order valence-corrected chi connectivity index (χ1v) is 10.4. The van der Waals surface area contributed by atoms with Crippen LogP contribution in [0.15, 0.2) is 59.1 Å². The highest BCUT2D eigenvalue weighted by Crippen LogP contribution is 2.48. The topological polar surface area (TPSA) is 114 Å². The number of nitriles is 1. The Bertz CT molecular complexity index is 1200. The number of fused-ring (bicyclic) bond motifs is 1. The number of para-hydroxylation sites is 1. The molecule has 0 amide bonds. The van der Waals surface area contributed by atoms with E-state index in [4.69, 9.17) is 20.6 Å². The van der Waals surface area contributed by atoms with Crippen LogP contribution in [0, 0.1) is 22.7 Å². The Labute approximate surface area is 187 Å². The maximum Gasteiger partial charge on any atom is 0.342 e. The second kappa shape index (κ2) is 8.28. The third kappa shape index (κ3) is 3.47. The fourth-order valence-electron chi connectivity index (χ4n) is 3.87. The molecule has 0 saturated carbocycles. The summed E-state index contributed by atoms with van der Waals surface area (Å²) < 4.78 is 13.6. The molecule has 0 bridgehead atoms. The van der Waals surface area contributed by atoms with Gasteiger partial charge in [0.2, 0.25) is 11.8 Å². The molecule has 3 N–H and O–H groups in total. The number of nitrogens with one attached hydrogen (secondary N) is 1. The number of anilines is 1. The summed E-state index contributed by atoms with van der Waals surface area (Å²) >= 11 is 3.42. The van der Waals surface area contributed by atoms with Crippen molar-refractivity contribution in [2.45, 2.75) is 12.8 Å². The van der Waals surface area contributed by atoms with Gasteiger partial charge in [-0.15, -0.1) is 0 Å².